The highest BCUT2D eigenvalue weighted by molar-refractivity contribution is 7.13. The Morgan fingerprint density at radius 2 is 1.64 bits per heavy atom. The molecule has 0 radical (unpaired) electrons. The number of carbonyl (C=O) groups excluding carboxylic acids is 1. The molecule has 1 aromatic heterocycles. The Bertz CT molecular complexity index is 1210. The third kappa shape index (κ3) is 6.01. The highest BCUT2D eigenvalue weighted by Crippen LogP contribution is 2.30. The summed E-state index contributed by atoms with van der Waals surface area (Å²) in [5, 5.41) is 6.65. The molecule has 6 heteroatoms. The van der Waals surface area contributed by atoms with E-state index in [1.54, 1.807) is 11.3 Å². The molecule has 4 rings (SSSR count). The van der Waals surface area contributed by atoms with Crippen LogP contribution in [0.2, 0.25) is 5.02 Å². The van der Waals surface area contributed by atoms with E-state index in [1.807, 2.05) is 86.0 Å². The predicted molar refractivity (Wildman–Crippen MR) is 137 cm³/mol. The van der Waals surface area contributed by atoms with E-state index in [4.69, 9.17) is 21.3 Å². The fraction of sp³-hybridized carbons (Fsp3) is 0.185. The quantitative estimate of drug-likeness (QED) is 0.267. The molecule has 0 fully saturated rings. The van der Waals surface area contributed by atoms with Crippen LogP contribution in [0.25, 0.3) is 21.8 Å². The van der Waals surface area contributed by atoms with Crippen LogP contribution in [0.15, 0.2) is 72.1 Å². The number of para-hydroxylation sites is 1. The maximum atomic E-state index is 12.3. The average molecular weight is 477 g/mol. The van der Waals surface area contributed by atoms with Gasteiger partial charge in [0.15, 0.2) is 0 Å². The molecular weight excluding hydrogens is 452 g/mol. The van der Waals surface area contributed by atoms with Gasteiger partial charge in [0.2, 0.25) is 5.91 Å². The molecule has 0 aliphatic carbocycles. The van der Waals surface area contributed by atoms with Crippen LogP contribution >= 0.6 is 22.9 Å². The predicted octanol–water partition coefficient (Wildman–Crippen LogP) is 7.55. The summed E-state index contributed by atoms with van der Waals surface area (Å²) in [7, 11) is 0. The Hall–Kier alpha value is -3.15. The van der Waals surface area contributed by atoms with Crippen molar-refractivity contribution < 1.29 is 9.53 Å². The molecule has 0 aliphatic heterocycles. The highest BCUT2D eigenvalue weighted by Gasteiger charge is 2.09. The Kier molecular flexibility index (Phi) is 7.43. The van der Waals surface area contributed by atoms with Crippen LogP contribution in [0.5, 0.6) is 5.75 Å². The van der Waals surface area contributed by atoms with Crippen molar-refractivity contribution in [2.75, 3.05) is 11.9 Å². The fourth-order valence-corrected chi connectivity index (χ4v) is 4.47. The molecule has 4 aromatic rings. The number of nitrogens with zero attached hydrogens (tertiary/aromatic N) is 1. The minimum Gasteiger partial charge on any atom is -0.493 e. The zero-order valence-corrected chi connectivity index (χ0v) is 20.2. The first kappa shape index (κ1) is 23.0. The summed E-state index contributed by atoms with van der Waals surface area (Å²) in [5.74, 6) is 0.890. The van der Waals surface area contributed by atoms with Gasteiger partial charge < -0.3 is 10.1 Å². The first-order valence-corrected chi connectivity index (χ1v) is 12.1. The number of ether oxygens (including phenoxy) is 1. The van der Waals surface area contributed by atoms with E-state index in [0.717, 1.165) is 44.4 Å². The van der Waals surface area contributed by atoms with Crippen molar-refractivity contribution in [2.24, 2.45) is 0 Å². The minimum atomic E-state index is -0.0217. The third-order valence-electron chi connectivity index (χ3n) is 5.26. The van der Waals surface area contributed by atoms with E-state index in [1.165, 1.54) is 0 Å². The Morgan fingerprint density at radius 3 is 2.33 bits per heavy atom. The zero-order valence-electron chi connectivity index (χ0n) is 18.6. The summed E-state index contributed by atoms with van der Waals surface area (Å²) in [6.45, 7) is 4.57. The second kappa shape index (κ2) is 10.6. The van der Waals surface area contributed by atoms with E-state index in [-0.39, 0.29) is 5.91 Å². The Balaban J connectivity index is 1.28. The summed E-state index contributed by atoms with van der Waals surface area (Å²) < 4.78 is 5.88. The zero-order chi connectivity index (χ0) is 23.2. The van der Waals surface area contributed by atoms with E-state index in [0.29, 0.717) is 24.5 Å². The van der Waals surface area contributed by atoms with E-state index in [9.17, 15) is 4.79 Å². The van der Waals surface area contributed by atoms with Crippen LogP contribution in [0.3, 0.4) is 0 Å². The Labute approximate surface area is 203 Å². The van der Waals surface area contributed by atoms with Crippen LogP contribution in [0.4, 0.5) is 5.69 Å². The summed E-state index contributed by atoms with van der Waals surface area (Å²) in [5.41, 5.74) is 5.95. The van der Waals surface area contributed by atoms with E-state index >= 15 is 0 Å². The molecule has 33 heavy (non-hydrogen) atoms. The maximum absolute atomic E-state index is 12.3. The number of aryl methyl sites for hydroxylation is 2. The topological polar surface area (TPSA) is 51.2 Å². The molecular formula is C27H25ClN2O2S. The van der Waals surface area contributed by atoms with Crippen molar-refractivity contribution in [3.8, 4) is 27.6 Å². The fourth-order valence-electron chi connectivity index (χ4n) is 3.51. The van der Waals surface area contributed by atoms with Gasteiger partial charge in [-0.1, -0.05) is 54.1 Å². The number of nitrogens with one attached hydrogen (secondary N) is 1. The van der Waals surface area contributed by atoms with Gasteiger partial charge in [0, 0.05) is 33.6 Å². The monoisotopic (exact) mass is 476 g/mol. The van der Waals surface area contributed by atoms with Crippen LogP contribution in [-0.4, -0.2) is 17.5 Å². The molecule has 0 bridgehead atoms. The molecule has 0 atom stereocenters. The maximum Gasteiger partial charge on any atom is 0.224 e. The lowest BCUT2D eigenvalue weighted by Gasteiger charge is -2.12. The molecule has 1 N–H and O–H groups in total. The van der Waals surface area contributed by atoms with Crippen LogP contribution in [0.1, 0.15) is 24.0 Å². The van der Waals surface area contributed by atoms with Crippen molar-refractivity contribution in [1.82, 2.24) is 4.98 Å². The number of benzene rings is 3. The number of carbonyl (C=O) groups is 1. The number of anilines is 1. The number of rotatable bonds is 8. The molecule has 0 saturated carbocycles. The third-order valence-corrected chi connectivity index (χ3v) is 6.41. The molecule has 1 heterocycles. The molecule has 0 spiro atoms. The summed E-state index contributed by atoms with van der Waals surface area (Å²) >= 11 is 7.56. The second-order valence-corrected chi connectivity index (χ2v) is 9.14. The van der Waals surface area contributed by atoms with Crippen LogP contribution in [0, 0.1) is 13.8 Å². The van der Waals surface area contributed by atoms with Gasteiger partial charge in [-0.05, 0) is 55.7 Å². The summed E-state index contributed by atoms with van der Waals surface area (Å²) in [6.07, 6.45) is 1.06. The lowest BCUT2D eigenvalue weighted by atomic mass is 10.1. The minimum absolute atomic E-state index is 0.0217. The number of hydrogen-bond donors (Lipinski definition) is 1. The number of thiazole rings is 1. The first-order valence-electron chi connectivity index (χ1n) is 10.8. The van der Waals surface area contributed by atoms with Crippen molar-refractivity contribution in [3.63, 3.8) is 0 Å². The van der Waals surface area contributed by atoms with Crippen LogP contribution < -0.4 is 10.1 Å². The van der Waals surface area contributed by atoms with Gasteiger partial charge in [0.25, 0.3) is 0 Å². The lowest BCUT2D eigenvalue weighted by molar-refractivity contribution is -0.116. The molecule has 0 aliphatic rings. The van der Waals surface area contributed by atoms with Gasteiger partial charge in [0.1, 0.15) is 10.8 Å². The first-order chi connectivity index (χ1) is 16.0. The van der Waals surface area contributed by atoms with Crippen molar-refractivity contribution in [1.29, 1.82) is 0 Å². The molecule has 4 nitrogen and oxygen atoms in total. The van der Waals surface area contributed by atoms with Crippen molar-refractivity contribution >= 4 is 34.5 Å². The SMILES string of the molecule is Cc1cccc(C)c1OCCCC(=O)Nc1ccc(-c2csc(-c3ccc(Cl)cc3)n2)cc1. The van der Waals surface area contributed by atoms with Gasteiger partial charge >= 0.3 is 0 Å². The smallest absolute Gasteiger partial charge is 0.224 e. The number of aromatic nitrogens is 1. The second-order valence-electron chi connectivity index (χ2n) is 7.84. The van der Waals surface area contributed by atoms with Gasteiger partial charge in [-0.25, -0.2) is 4.98 Å². The normalized spacial score (nSPS) is 10.8. The average Bonchev–Trinajstić information content (AvgIpc) is 3.29. The number of hydrogen-bond acceptors (Lipinski definition) is 4. The highest BCUT2D eigenvalue weighted by atomic mass is 35.5. The standard InChI is InChI=1S/C27H25ClN2O2S/c1-18-5-3-6-19(2)26(18)32-16-4-7-25(31)29-23-14-10-20(11-15-23)24-17-33-27(30-24)21-8-12-22(28)13-9-21/h3,5-6,8-15,17H,4,7,16H2,1-2H3,(H,29,31). The molecule has 0 saturated heterocycles. The van der Waals surface area contributed by atoms with Crippen LogP contribution in [-0.2, 0) is 4.79 Å². The van der Waals surface area contributed by atoms with Crippen molar-refractivity contribution in [3.05, 3.63) is 88.3 Å². The van der Waals surface area contributed by atoms with Gasteiger partial charge in [0.05, 0.1) is 12.3 Å². The van der Waals surface area contributed by atoms with E-state index < -0.39 is 0 Å². The molecule has 0 unspecified atom stereocenters. The Morgan fingerprint density at radius 1 is 0.970 bits per heavy atom. The number of halogens is 1. The molecule has 1 amide bonds. The number of amides is 1. The molecule has 168 valence electrons. The summed E-state index contributed by atoms with van der Waals surface area (Å²) in [4.78, 5) is 17.0. The van der Waals surface area contributed by atoms with Gasteiger partial charge in [-0.3, -0.25) is 4.79 Å². The summed E-state index contributed by atoms with van der Waals surface area (Å²) in [6, 6.07) is 21.5. The van der Waals surface area contributed by atoms with E-state index in [2.05, 4.69) is 5.32 Å². The molecule has 3 aromatic carbocycles. The van der Waals surface area contributed by atoms with Gasteiger partial charge in [-0.15, -0.1) is 11.3 Å². The van der Waals surface area contributed by atoms with Gasteiger partial charge in [-0.2, -0.15) is 0 Å². The van der Waals surface area contributed by atoms with Crippen molar-refractivity contribution in [2.45, 2.75) is 26.7 Å². The largest absolute Gasteiger partial charge is 0.493 e. The lowest BCUT2D eigenvalue weighted by Crippen LogP contribution is -2.13.